The summed E-state index contributed by atoms with van der Waals surface area (Å²) in [5.41, 5.74) is 2.09. The van der Waals surface area contributed by atoms with E-state index in [1.54, 1.807) is 13.4 Å². The van der Waals surface area contributed by atoms with Gasteiger partial charge in [-0.1, -0.05) is 18.2 Å². The van der Waals surface area contributed by atoms with Crippen LogP contribution < -0.4 is 0 Å². The van der Waals surface area contributed by atoms with Crippen LogP contribution in [0.25, 0.3) is 0 Å². The Hall–Kier alpha value is -1.35. The number of aliphatic hydroxyl groups is 1. The molecule has 0 aromatic carbocycles. The Morgan fingerprint density at radius 1 is 1.57 bits per heavy atom. The molecule has 3 nitrogen and oxygen atoms in total. The maximum atomic E-state index is 8.96. The zero-order valence-corrected chi connectivity index (χ0v) is 8.64. The second-order valence-electron chi connectivity index (χ2n) is 3.15. The molecular formula is C11H16N2O. The SMILES string of the molecule is CN=CN(C)C1=CC=C(CO)C=CC1. The zero-order chi connectivity index (χ0) is 10.4. The van der Waals surface area contributed by atoms with E-state index in [1.807, 2.05) is 36.3 Å². The molecule has 76 valence electrons. The highest BCUT2D eigenvalue weighted by Crippen LogP contribution is 2.12. The first kappa shape index (κ1) is 10.7. The molecule has 0 aliphatic heterocycles. The number of aliphatic hydroxyl groups excluding tert-OH is 1. The Kier molecular flexibility index (Phi) is 4.13. The van der Waals surface area contributed by atoms with Crippen molar-refractivity contribution in [2.75, 3.05) is 20.7 Å². The summed E-state index contributed by atoms with van der Waals surface area (Å²) in [4.78, 5) is 5.92. The number of nitrogens with zero attached hydrogens (tertiary/aromatic N) is 2. The van der Waals surface area contributed by atoms with Gasteiger partial charge in [0.05, 0.1) is 12.9 Å². The van der Waals surface area contributed by atoms with Crippen LogP contribution in [0.1, 0.15) is 6.42 Å². The quantitative estimate of drug-likeness (QED) is 0.541. The molecule has 0 unspecified atom stereocenters. The third-order valence-corrected chi connectivity index (χ3v) is 2.07. The van der Waals surface area contributed by atoms with Gasteiger partial charge in [0.2, 0.25) is 0 Å². The first-order chi connectivity index (χ1) is 6.77. The largest absolute Gasteiger partial charge is 0.392 e. The zero-order valence-electron chi connectivity index (χ0n) is 8.64. The van der Waals surface area contributed by atoms with Crippen molar-refractivity contribution in [2.45, 2.75) is 6.42 Å². The van der Waals surface area contributed by atoms with Gasteiger partial charge in [-0.05, 0) is 11.6 Å². The predicted molar refractivity (Wildman–Crippen MR) is 59.2 cm³/mol. The van der Waals surface area contributed by atoms with Crippen molar-refractivity contribution < 1.29 is 5.11 Å². The van der Waals surface area contributed by atoms with E-state index in [9.17, 15) is 0 Å². The molecule has 0 bridgehead atoms. The lowest BCUT2D eigenvalue weighted by atomic mass is 10.2. The number of aliphatic imine (C=N–C) groups is 1. The Bertz CT molecular complexity index is 300. The molecule has 0 amide bonds. The highest BCUT2D eigenvalue weighted by Gasteiger charge is 2.01. The standard InChI is InChI=1S/C11H16N2O/c1-12-9-13(2)11-5-3-4-10(8-14)6-7-11/h3-4,6-7,9,14H,5,8H2,1-2H3. The van der Waals surface area contributed by atoms with Gasteiger partial charge in [-0.3, -0.25) is 4.99 Å². The van der Waals surface area contributed by atoms with Crippen LogP contribution in [0.4, 0.5) is 0 Å². The van der Waals surface area contributed by atoms with Crippen molar-refractivity contribution in [3.05, 3.63) is 35.6 Å². The molecule has 1 rings (SSSR count). The average Bonchev–Trinajstić information content (AvgIpc) is 2.42. The van der Waals surface area contributed by atoms with Gasteiger partial charge in [-0.15, -0.1) is 0 Å². The Morgan fingerprint density at radius 2 is 2.36 bits per heavy atom. The third-order valence-electron chi connectivity index (χ3n) is 2.07. The maximum absolute atomic E-state index is 8.96. The van der Waals surface area contributed by atoms with E-state index in [4.69, 9.17) is 5.11 Å². The minimum Gasteiger partial charge on any atom is -0.392 e. The van der Waals surface area contributed by atoms with Crippen molar-refractivity contribution in [3.63, 3.8) is 0 Å². The van der Waals surface area contributed by atoms with E-state index in [0.29, 0.717) is 0 Å². The fraction of sp³-hybridized carbons (Fsp3) is 0.364. The lowest BCUT2D eigenvalue weighted by Crippen LogP contribution is -2.14. The van der Waals surface area contributed by atoms with Crippen LogP contribution in [0.15, 0.2) is 40.6 Å². The lowest BCUT2D eigenvalue weighted by Gasteiger charge is -2.14. The molecule has 0 heterocycles. The molecule has 0 spiro atoms. The fourth-order valence-corrected chi connectivity index (χ4v) is 1.27. The molecule has 0 aromatic rings. The topological polar surface area (TPSA) is 35.8 Å². The smallest absolute Gasteiger partial charge is 0.0885 e. The summed E-state index contributed by atoms with van der Waals surface area (Å²) in [7, 11) is 3.71. The number of allylic oxidation sites excluding steroid dienone is 3. The van der Waals surface area contributed by atoms with Gasteiger partial charge in [-0.2, -0.15) is 0 Å². The number of hydrogen-bond acceptors (Lipinski definition) is 2. The summed E-state index contributed by atoms with van der Waals surface area (Å²) in [6.07, 6.45) is 10.6. The summed E-state index contributed by atoms with van der Waals surface area (Å²) in [5.74, 6) is 0. The van der Waals surface area contributed by atoms with Crippen LogP contribution in [0.5, 0.6) is 0 Å². The molecule has 1 aliphatic carbocycles. The second kappa shape index (κ2) is 5.40. The highest BCUT2D eigenvalue weighted by molar-refractivity contribution is 5.58. The normalized spacial score (nSPS) is 16.5. The lowest BCUT2D eigenvalue weighted by molar-refractivity contribution is 0.335. The van der Waals surface area contributed by atoms with E-state index < -0.39 is 0 Å². The van der Waals surface area contributed by atoms with E-state index in [2.05, 4.69) is 4.99 Å². The van der Waals surface area contributed by atoms with Crippen LogP contribution in [0, 0.1) is 0 Å². The first-order valence-electron chi connectivity index (χ1n) is 4.60. The molecule has 0 aromatic heterocycles. The van der Waals surface area contributed by atoms with Crippen LogP contribution in [-0.2, 0) is 0 Å². The van der Waals surface area contributed by atoms with Gasteiger partial charge in [0.1, 0.15) is 0 Å². The van der Waals surface area contributed by atoms with Gasteiger partial charge in [0, 0.05) is 26.2 Å². The van der Waals surface area contributed by atoms with E-state index in [-0.39, 0.29) is 6.61 Å². The molecule has 0 fully saturated rings. The molecule has 0 saturated heterocycles. The first-order valence-corrected chi connectivity index (χ1v) is 4.60. The van der Waals surface area contributed by atoms with Gasteiger partial charge in [0.25, 0.3) is 0 Å². The molecule has 3 heteroatoms. The summed E-state index contributed by atoms with van der Waals surface area (Å²) < 4.78 is 0. The Morgan fingerprint density at radius 3 is 3.00 bits per heavy atom. The molecule has 1 aliphatic rings. The van der Waals surface area contributed by atoms with Crippen molar-refractivity contribution >= 4 is 6.34 Å². The molecule has 0 saturated carbocycles. The average molecular weight is 192 g/mol. The van der Waals surface area contributed by atoms with Crippen LogP contribution in [-0.4, -0.2) is 37.0 Å². The van der Waals surface area contributed by atoms with Crippen molar-refractivity contribution in [1.82, 2.24) is 4.90 Å². The molecule has 14 heavy (non-hydrogen) atoms. The molecular weight excluding hydrogens is 176 g/mol. The van der Waals surface area contributed by atoms with Gasteiger partial charge in [0.15, 0.2) is 0 Å². The Balaban J connectivity index is 2.77. The van der Waals surface area contributed by atoms with E-state index in [1.165, 1.54) is 0 Å². The molecule has 1 N–H and O–H groups in total. The monoisotopic (exact) mass is 192 g/mol. The summed E-state index contributed by atoms with van der Waals surface area (Å²) in [6.45, 7) is 0.0891. The van der Waals surface area contributed by atoms with Crippen LogP contribution >= 0.6 is 0 Å². The minimum atomic E-state index is 0.0891. The minimum absolute atomic E-state index is 0.0891. The van der Waals surface area contributed by atoms with Gasteiger partial charge in [-0.25, -0.2) is 0 Å². The van der Waals surface area contributed by atoms with Crippen molar-refractivity contribution in [2.24, 2.45) is 4.99 Å². The maximum Gasteiger partial charge on any atom is 0.0885 e. The number of hydrogen-bond donors (Lipinski definition) is 1. The second-order valence-corrected chi connectivity index (χ2v) is 3.15. The third kappa shape index (κ3) is 2.85. The summed E-state index contributed by atoms with van der Waals surface area (Å²) >= 11 is 0. The fourth-order valence-electron chi connectivity index (χ4n) is 1.27. The van der Waals surface area contributed by atoms with Crippen molar-refractivity contribution in [3.8, 4) is 0 Å². The number of rotatable bonds is 3. The van der Waals surface area contributed by atoms with Gasteiger partial charge >= 0.3 is 0 Å². The highest BCUT2D eigenvalue weighted by atomic mass is 16.3. The molecule has 0 atom stereocenters. The van der Waals surface area contributed by atoms with Gasteiger partial charge < -0.3 is 10.0 Å². The summed E-state index contributed by atoms with van der Waals surface area (Å²) in [5, 5.41) is 8.96. The predicted octanol–water partition coefficient (Wildman–Crippen LogP) is 1.34. The van der Waals surface area contributed by atoms with Crippen LogP contribution in [0.3, 0.4) is 0 Å². The van der Waals surface area contributed by atoms with E-state index in [0.717, 1.165) is 17.7 Å². The van der Waals surface area contributed by atoms with E-state index >= 15 is 0 Å². The Labute approximate surface area is 84.8 Å². The summed E-state index contributed by atoms with van der Waals surface area (Å²) in [6, 6.07) is 0. The van der Waals surface area contributed by atoms with Crippen LogP contribution in [0.2, 0.25) is 0 Å². The van der Waals surface area contributed by atoms with Crippen molar-refractivity contribution in [1.29, 1.82) is 0 Å². The molecule has 0 radical (unpaired) electrons.